The van der Waals surface area contributed by atoms with Gasteiger partial charge in [-0.25, -0.2) is 4.39 Å². The Kier molecular flexibility index (Phi) is 3.53. The molecule has 1 aliphatic carbocycles. The predicted octanol–water partition coefficient (Wildman–Crippen LogP) is 4.21. The molecule has 0 radical (unpaired) electrons. The largest absolute Gasteiger partial charge is 0.321 e. The minimum Gasteiger partial charge on any atom is -0.321 e. The van der Waals surface area contributed by atoms with Crippen molar-refractivity contribution in [1.29, 1.82) is 0 Å². The van der Waals surface area contributed by atoms with E-state index in [9.17, 15) is 4.39 Å². The average molecular weight is 290 g/mol. The molecule has 1 unspecified atom stereocenters. The Balaban J connectivity index is 2.02. The summed E-state index contributed by atoms with van der Waals surface area (Å²) in [5, 5.41) is 0.456. The highest BCUT2D eigenvalue weighted by Gasteiger charge is 2.33. The lowest BCUT2D eigenvalue weighted by molar-refractivity contribution is 0.364. The summed E-state index contributed by atoms with van der Waals surface area (Å²) in [6.45, 7) is 0. The maximum Gasteiger partial charge on any atom is 0.127 e. The maximum atomic E-state index is 14.0. The van der Waals surface area contributed by atoms with Gasteiger partial charge in [0.1, 0.15) is 5.82 Å². The molecule has 104 valence electrons. The van der Waals surface area contributed by atoms with Crippen LogP contribution in [0.1, 0.15) is 29.5 Å². The van der Waals surface area contributed by atoms with Gasteiger partial charge in [-0.15, -0.1) is 0 Å². The fourth-order valence-corrected chi connectivity index (χ4v) is 3.38. The van der Waals surface area contributed by atoms with Crippen LogP contribution in [0.15, 0.2) is 42.5 Å². The molecule has 1 atom stereocenters. The third kappa shape index (κ3) is 2.34. The molecule has 0 saturated heterocycles. The molecule has 0 bridgehead atoms. The van der Waals surface area contributed by atoms with Gasteiger partial charge in [-0.1, -0.05) is 41.9 Å². The maximum absolute atomic E-state index is 14.0. The van der Waals surface area contributed by atoms with Crippen LogP contribution in [0.4, 0.5) is 4.39 Å². The zero-order valence-electron chi connectivity index (χ0n) is 11.2. The van der Waals surface area contributed by atoms with Gasteiger partial charge in [0.15, 0.2) is 0 Å². The van der Waals surface area contributed by atoms with Crippen molar-refractivity contribution in [2.75, 3.05) is 0 Å². The molecule has 2 aromatic carbocycles. The Labute approximate surface area is 123 Å². The van der Waals surface area contributed by atoms with E-state index in [1.54, 1.807) is 12.1 Å². The van der Waals surface area contributed by atoms with E-state index in [2.05, 4.69) is 12.1 Å². The van der Waals surface area contributed by atoms with Crippen molar-refractivity contribution >= 4 is 11.6 Å². The highest BCUT2D eigenvalue weighted by Crippen LogP contribution is 2.37. The number of hydrogen-bond acceptors (Lipinski definition) is 1. The third-order valence-corrected chi connectivity index (χ3v) is 4.53. The highest BCUT2D eigenvalue weighted by atomic mass is 35.5. The first-order valence-corrected chi connectivity index (χ1v) is 7.28. The Bertz CT molecular complexity index is 620. The number of halogens is 2. The number of nitrogens with two attached hydrogens (primary N) is 1. The van der Waals surface area contributed by atoms with Crippen molar-refractivity contribution in [3.63, 3.8) is 0 Å². The van der Waals surface area contributed by atoms with Crippen molar-refractivity contribution in [1.82, 2.24) is 0 Å². The number of aryl methyl sites for hydroxylation is 1. The van der Waals surface area contributed by atoms with Crippen molar-refractivity contribution < 1.29 is 4.39 Å². The van der Waals surface area contributed by atoms with Gasteiger partial charge in [0.2, 0.25) is 0 Å². The third-order valence-electron chi connectivity index (χ3n) is 4.18. The molecule has 1 nitrogen and oxygen atoms in total. The van der Waals surface area contributed by atoms with Crippen LogP contribution < -0.4 is 5.73 Å². The van der Waals surface area contributed by atoms with Crippen LogP contribution in [0.2, 0.25) is 5.02 Å². The Morgan fingerprint density at radius 1 is 1.15 bits per heavy atom. The second-order valence-electron chi connectivity index (χ2n) is 5.54. The van der Waals surface area contributed by atoms with Gasteiger partial charge in [0.25, 0.3) is 0 Å². The summed E-state index contributed by atoms with van der Waals surface area (Å²) in [6.07, 6.45) is 3.36. The van der Waals surface area contributed by atoms with Crippen LogP contribution in [-0.4, -0.2) is 0 Å². The predicted molar refractivity (Wildman–Crippen MR) is 80.4 cm³/mol. The van der Waals surface area contributed by atoms with Gasteiger partial charge in [0, 0.05) is 16.1 Å². The van der Waals surface area contributed by atoms with E-state index < -0.39 is 5.54 Å². The van der Waals surface area contributed by atoms with E-state index in [1.807, 2.05) is 12.1 Å². The van der Waals surface area contributed by atoms with E-state index >= 15 is 0 Å². The number of benzene rings is 2. The monoisotopic (exact) mass is 289 g/mol. The van der Waals surface area contributed by atoms with Crippen molar-refractivity contribution in [3.05, 3.63) is 70.0 Å². The van der Waals surface area contributed by atoms with Gasteiger partial charge < -0.3 is 5.73 Å². The SMILES string of the molecule is NC1(Cc2c(F)cccc2Cl)CCCc2ccccc21. The molecule has 0 aliphatic heterocycles. The first kappa shape index (κ1) is 13.6. The van der Waals surface area contributed by atoms with Crippen molar-refractivity contribution in [3.8, 4) is 0 Å². The molecule has 20 heavy (non-hydrogen) atoms. The summed E-state index contributed by atoms with van der Waals surface area (Å²) in [5.74, 6) is -0.273. The minimum atomic E-state index is -0.527. The molecular formula is C17H17ClFN. The molecule has 1 aliphatic rings. The first-order chi connectivity index (χ1) is 9.60. The molecule has 0 amide bonds. The molecule has 0 heterocycles. The zero-order valence-corrected chi connectivity index (χ0v) is 12.0. The number of rotatable bonds is 2. The van der Waals surface area contributed by atoms with Crippen LogP contribution in [0, 0.1) is 5.82 Å². The van der Waals surface area contributed by atoms with Gasteiger partial charge in [-0.05, 0) is 48.9 Å². The summed E-state index contributed by atoms with van der Waals surface area (Å²) in [5.41, 5.74) is 9.01. The molecule has 0 saturated carbocycles. The smallest absolute Gasteiger partial charge is 0.127 e. The fraction of sp³-hybridized carbons (Fsp3) is 0.294. The fourth-order valence-electron chi connectivity index (χ4n) is 3.15. The van der Waals surface area contributed by atoms with Gasteiger partial charge >= 0.3 is 0 Å². The lowest BCUT2D eigenvalue weighted by atomic mass is 9.74. The Morgan fingerprint density at radius 2 is 1.95 bits per heavy atom. The van der Waals surface area contributed by atoms with E-state index in [-0.39, 0.29) is 5.82 Å². The Hall–Kier alpha value is -1.38. The van der Waals surface area contributed by atoms with Gasteiger partial charge in [-0.3, -0.25) is 0 Å². The lowest BCUT2D eigenvalue weighted by Gasteiger charge is -2.36. The highest BCUT2D eigenvalue weighted by molar-refractivity contribution is 6.31. The summed E-state index contributed by atoms with van der Waals surface area (Å²) >= 11 is 6.14. The van der Waals surface area contributed by atoms with E-state index in [1.165, 1.54) is 11.6 Å². The zero-order chi connectivity index (χ0) is 14.2. The summed E-state index contributed by atoms with van der Waals surface area (Å²) < 4.78 is 14.0. The molecule has 2 N–H and O–H groups in total. The molecule has 3 rings (SSSR count). The van der Waals surface area contributed by atoms with Crippen LogP contribution in [0.5, 0.6) is 0 Å². The summed E-state index contributed by atoms with van der Waals surface area (Å²) in [6, 6.07) is 13.0. The normalized spacial score (nSPS) is 21.6. The summed E-state index contributed by atoms with van der Waals surface area (Å²) in [4.78, 5) is 0. The van der Waals surface area contributed by atoms with E-state index in [0.717, 1.165) is 24.8 Å². The Morgan fingerprint density at radius 3 is 2.75 bits per heavy atom. The number of fused-ring (bicyclic) bond motifs is 1. The first-order valence-electron chi connectivity index (χ1n) is 6.90. The van der Waals surface area contributed by atoms with Crippen LogP contribution in [0.25, 0.3) is 0 Å². The van der Waals surface area contributed by atoms with Gasteiger partial charge in [0.05, 0.1) is 0 Å². The molecular weight excluding hydrogens is 273 g/mol. The second-order valence-corrected chi connectivity index (χ2v) is 5.95. The standard InChI is InChI=1S/C17H17ClFN/c18-15-8-3-9-16(19)13(15)11-17(20)10-4-6-12-5-1-2-7-14(12)17/h1-3,5,7-9H,4,6,10-11,20H2. The number of hydrogen-bond donors (Lipinski definition) is 1. The average Bonchev–Trinajstić information content (AvgIpc) is 2.44. The lowest BCUT2D eigenvalue weighted by Crippen LogP contribution is -2.42. The molecule has 0 spiro atoms. The van der Waals surface area contributed by atoms with Crippen LogP contribution in [0.3, 0.4) is 0 Å². The molecule has 0 fully saturated rings. The van der Waals surface area contributed by atoms with Crippen LogP contribution in [-0.2, 0) is 18.4 Å². The van der Waals surface area contributed by atoms with Gasteiger partial charge in [-0.2, -0.15) is 0 Å². The van der Waals surface area contributed by atoms with Crippen molar-refractivity contribution in [2.45, 2.75) is 31.2 Å². The van der Waals surface area contributed by atoms with E-state index in [4.69, 9.17) is 17.3 Å². The van der Waals surface area contributed by atoms with E-state index in [0.29, 0.717) is 17.0 Å². The minimum absolute atomic E-state index is 0.273. The van der Waals surface area contributed by atoms with Crippen molar-refractivity contribution in [2.24, 2.45) is 5.73 Å². The summed E-state index contributed by atoms with van der Waals surface area (Å²) in [7, 11) is 0. The second kappa shape index (κ2) is 5.19. The molecule has 3 heteroatoms. The molecule has 0 aromatic heterocycles. The topological polar surface area (TPSA) is 26.0 Å². The molecule has 2 aromatic rings. The quantitative estimate of drug-likeness (QED) is 0.880. The van der Waals surface area contributed by atoms with Crippen LogP contribution >= 0.6 is 11.6 Å².